The van der Waals surface area contributed by atoms with E-state index in [1.165, 1.54) is 0 Å². The van der Waals surface area contributed by atoms with Crippen molar-refractivity contribution in [2.75, 3.05) is 0 Å². The highest BCUT2D eigenvalue weighted by Crippen LogP contribution is 2.08. The van der Waals surface area contributed by atoms with Gasteiger partial charge in [-0.2, -0.15) is 0 Å². The normalized spacial score (nSPS) is 12.6. The number of nitrogens with zero attached hydrogens (tertiary/aromatic N) is 1. The molecule has 0 aromatic carbocycles. The van der Waals surface area contributed by atoms with E-state index in [-0.39, 0.29) is 18.2 Å². The van der Waals surface area contributed by atoms with Crippen molar-refractivity contribution in [1.82, 2.24) is 10.3 Å². The molecule has 0 aliphatic rings. The lowest BCUT2D eigenvalue weighted by molar-refractivity contribution is 0.0506. The molecule has 1 amide bonds. The highest BCUT2D eigenvalue weighted by Gasteiger charge is 2.19. The van der Waals surface area contributed by atoms with E-state index in [0.29, 0.717) is 5.56 Å². The largest absolute Gasteiger partial charge is 0.444 e. The van der Waals surface area contributed by atoms with Crippen LogP contribution in [-0.4, -0.2) is 28.5 Å². The lowest BCUT2D eigenvalue weighted by atomic mass is 10.1. The number of aromatic nitrogens is 1. The molecule has 1 aromatic heterocycles. The van der Waals surface area contributed by atoms with E-state index < -0.39 is 11.7 Å². The Hall–Kier alpha value is -1.91. The van der Waals surface area contributed by atoms with Gasteiger partial charge in [0.15, 0.2) is 5.78 Å². The Bertz CT molecular complexity index is 438. The van der Waals surface area contributed by atoms with E-state index in [4.69, 9.17) is 4.74 Å². The van der Waals surface area contributed by atoms with Gasteiger partial charge in [-0.05, 0) is 39.8 Å². The van der Waals surface area contributed by atoms with E-state index in [1.807, 2.05) is 0 Å². The summed E-state index contributed by atoms with van der Waals surface area (Å²) in [5.41, 5.74) is 0.0478. The first-order chi connectivity index (χ1) is 8.78. The molecule has 1 aromatic rings. The van der Waals surface area contributed by atoms with Crippen molar-refractivity contribution in [3.63, 3.8) is 0 Å². The summed E-state index contributed by atoms with van der Waals surface area (Å²) in [6.07, 6.45) is 2.85. The first-order valence-electron chi connectivity index (χ1n) is 6.20. The molecule has 1 N–H and O–H groups in total. The van der Waals surface area contributed by atoms with E-state index in [0.717, 1.165) is 0 Å². The van der Waals surface area contributed by atoms with Crippen molar-refractivity contribution in [1.29, 1.82) is 0 Å². The monoisotopic (exact) mass is 264 g/mol. The zero-order chi connectivity index (χ0) is 14.5. The Morgan fingerprint density at radius 1 is 1.32 bits per heavy atom. The van der Waals surface area contributed by atoms with Crippen molar-refractivity contribution < 1.29 is 14.3 Å². The zero-order valence-corrected chi connectivity index (χ0v) is 11.8. The standard InChI is InChI=1S/C14H20N2O3/c1-10(16-13(18)19-14(2,3)4)9-12(17)11-5-7-15-8-6-11/h5-8,10H,9H2,1-4H3,(H,16,18). The highest BCUT2D eigenvalue weighted by atomic mass is 16.6. The Labute approximate surface area is 113 Å². The second kappa shape index (κ2) is 6.31. The first kappa shape index (κ1) is 15.1. The van der Waals surface area contributed by atoms with E-state index in [9.17, 15) is 9.59 Å². The van der Waals surface area contributed by atoms with Gasteiger partial charge in [0.1, 0.15) is 5.60 Å². The van der Waals surface area contributed by atoms with Crippen LogP contribution in [0.25, 0.3) is 0 Å². The van der Waals surface area contributed by atoms with Gasteiger partial charge in [-0.15, -0.1) is 0 Å². The minimum absolute atomic E-state index is 0.0361. The fourth-order valence-corrected chi connectivity index (χ4v) is 1.49. The highest BCUT2D eigenvalue weighted by molar-refractivity contribution is 5.96. The van der Waals surface area contributed by atoms with Gasteiger partial charge in [0.25, 0.3) is 0 Å². The van der Waals surface area contributed by atoms with Gasteiger partial charge >= 0.3 is 6.09 Å². The quantitative estimate of drug-likeness (QED) is 0.849. The average Bonchev–Trinajstić information content (AvgIpc) is 2.27. The third-order valence-electron chi connectivity index (χ3n) is 2.26. The number of hydrogen-bond acceptors (Lipinski definition) is 4. The maximum atomic E-state index is 11.9. The number of carbonyl (C=O) groups is 2. The number of hydrogen-bond donors (Lipinski definition) is 1. The van der Waals surface area contributed by atoms with Crippen LogP contribution in [0.4, 0.5) is 4.79 Å². The topological polar surface area (TPSA) is 68.3 Å². The van der Waals surface area contributed by atoms with Crippen LogP contribution in [0.3, 0.4) is 0 Å². The molecular weight excluding hydrogens is 244 g/mol. The summed E-state index contributed by atoms with van der Waals surface area (Å²) in [4.78, 5) is 27.3. The number of nitrogens with one attached hydrogen (secondary N) is 1. The van der Waals surface area contributed by atoms with Crippen molar-refractivity contribution in [3.05, 3.63) is 30.1 Å². The van der Waals surface area contributed by atoms with Crippen LogP contribution in [-0.2, 0) is 4.74 Å². The van der Waals surface area contributed by atoms with Gasteiger partial charge < -0.3 is 10.1 Å². The summed E-state index contributed by atoms with van der Waals surface area (Å²) in [6, 6.07) is 3.03. The van der Waals surface area contributed by atoms with Crippen LogP contribution in [0.1, 0.15) is 44.5 Å². The minimum atomic E-state index is -0.543. The molecule has 0 saturated carbocycles. The van der Waals surface area contributed by atoms with Crippen LogP contribution in [0.5, 0.6) is 0 Å². The molecule has 0 bridgehead atoms. The van der Waals surface area contributed by atoms with Crippen molar-refractivity contribution in [2.24, 2.45) is 0 Å². The summed E-state index contributed by atoms with van der Waals surface area (Å²) in [6.45, 7) is 7.14. The molecule has 0 aliphatic heterocycles. The average molecular weight is 264 g/mol. The molecule has 0 fully saturated rings. The second-order valence-corrected chi connectivity index (χ2v) is 5.41. The maximum Gasteiger partial charge on any atom is 0.407 e. The van der Waals surface area contributed by atoms with E-state index in [1.54, 1.807) is 52.2 Å². The van der Waals surface area contributed by atoms with Gasteiger partial charge in [-0.1, -0.05) is 0 Å². The lowest BCUT2D eigenvalue weighted by Crippen LogP contribution is -2.38. The molecule has 0 saturated heterocycles. The fourth-order valence-electron chi connectivity index (χ4n) is 1.49. The third-order valence-corrected chi connectivity index (χ3v) is 2.26. The predicted molar refractivity (Wildman–Crippen MR) is 72.0 cm³/mol. The maximum absolute atomic E-state index is 11.9. The molecule has 1 atom stereocenters. The molecule has 104 valence electrons. The number of Topliss-reactive ketones (excluding diaryl/α,β-unsaturated/α-hetero) is 1. The minimum Gasteiger partial charge on any atom is -0.444 e. The van der Waals surface area contributed by atoms with E-state index >= 15 is 0 Å². The van der Waals surface area contributed by atoms with Gasteiger partial charge in [0.05, 0.1) is 0 Å². The summed E-state index contributed by atoms with van der Waals surface area (Å²) in [7, 11) is 0. The molecular formula is C14H20N2O3. The van der Waals surface area contributed by atoms with Crippen LogP contribution in [0, 0.1) is 0 Å². The molecule has 1 unspecified atom stereocenters. The SMILES string of the molecule is CC(CC(=O)c1ccncc1)NC(=O)OC(C)(C)C. The summed E-state index contributed by atoms with van der Waals surface area (Å²) < 4.78 is 5.12. The third kappa shape index (κ3) is 5.99. The van der Waals surface area contributed by atoms with Gasteiger partial charge in [-0.3, -0.25) is 9.78 Å². The molecule has 0 aliphatic carbocycles. The van der Waals surface area contributed by atoms with Crippen LogP contribution < -0.4 is 5.32 Å². The fraction of sp³-hybridized carbons (Fsp3) is 0.500. The zero-order valence-electron chi connectivity index (χ0n) is 11.8. The van der Waals surface area contributed by atoms with Crippen molar-refractivity contribution >= 4 is 11.9 Å². The number of pyridine rings is 1. The smallest absolute Gasteiger partial charge is 0.407 e. The van der Waals surface area contributed by atoms with Crippen LogP contribution in [0.15, 0.2) is 24.5 Å². The Morgan fingerprint density at radius 3 is 2.42 bits per heavy atom. The second-order valence-electron chi connectivity index (χ2n) is 5.41. The Kier molecular flexibility index (Phi) is 5.03. The number of ether oxygens (including phenoxy) is 1. The first-order valence-corrected chi connectivity index (χ1v) is 6.20. The number of ketones is 1. The summed E-state index contributed by atoms with van der Waals surface area (Å²) >= 11 is 0. The molecule has 1 heterocycles. The van der Waals surface area contributed by atoms with Gasteiger partial charge in [0.2, 0.25) is 0 Å². The predicted octanol–water partition coefficient (Wildman–Crippen LogP) is 2.57. The molecule has 19 heavy (non-hydrogen) atoms. The molecule has 0 spiro atoms. The number of rotatable bonds is 4. The Morgan fingerprint density at radius 2 is 1.89 bits per heavy atom. The van der Waals surface area contributed by atoms with Crippen molar-refractivity contribution in [3.8, 4) is 0 Å². The van der Waals surface area contributed by atoms with E-state index in [2.05, 4.69) is 10.3 Å². The van der Waals surface area contributed by atoms with Gasteiger partial charge in [-0.25, -0.2) is 4.79 Å². The van der Waals surface area contributed by atoms with Crippen LogP contribution >= 0.6 is 0 Å². The molecule has 0 radical (unpaired) electrons. The summed E-state index contributed by atoms with van der Waals surface area (Å²) in [5.74, 6) is -0.0361. The number of carbonyl (C=O) groups excluding carboxylic acids is 2. The van der Waals surface area contributed by atoms with Gasteiger partial charge in [0, 0.05) is 30.4 Å². The number of amides is 1. The van der Waals surface area contributed by atoms with Crippen LogP contribution in [0.2, 0.25) is 0 Å². The van der Waals surface area contributed by atoms with Crippen molar-refractivity contribution in [2.45, 2.75) is 45.8 Å². The molecule has 5 nitrogen and oxygen atoms in total. The lowest BCUT2D eigenvalue weighted by Gasteiger charge is -2.21. The Balaban J connectivity index is 2.45. The molecule has 5 heteroatoms. The molecule has 1 rings (SSSR count). The number of alkyl carbamates (subject to hydrolysis) is 1. The summed E-state index contributed by atoms with van der Waals surface area (Å²) in [5, 5.41) is 2.64.